The lowest BCUT2D eigenvalue weighted by Crippen LogP contribution is -2.67. The highest BCUT2D eigenvalue weighted by atomic mass is 16.5. The van der Waals surface area contributed by atoms with Crippen LogP contribution >= 0.6 is 0 Å². The molecular weight excluding hydrogens is 939 g/mol. The number of carbonyl (C=O) groups excluding carboxylic acids is 2. The predicted molar refractivity (Wildman–Crippen MR) is 268 cm³/mol. The molecule has 24 heteroatoms. The van der Waals surface area contributed by atoms with Crippen molar-refractivity contribution in [2.24, 2.45) is 13.0 Å². The molecule has 73 heavy (non-hydrogen) atoms. The van der Waals surface area contributed by atoms with E-state index in [1.165, 1.54) is 0 Å². The van der Waals surface area contributed by atoms with E-state index < -0.39 is 17.4 Å². The molecule has 11 heterocycles. The molecule has 1 spiro atoms. The van der Waals surface area contributed by atoms with Gasteiger partial charge in [0.25, 0.3) is 23.8 Å². The van der Waals surface area contributed by atoms with Crippen LogP contribution in [-0.4, -0.2) is 154 Å². The first-order valence-electron chi connectivity index (χ1n) is 24.3. The summed E-state index contributed by atoms with van der Waals surface area (Å²) in [5.74, 6) is 1.04. The topological polar surface area (TPSA) is 281 Å². The maximum absolute atomic E-state index is 14.1. The van der Waals surface area contributed by atoms with Gasteiger partial charge in [-0.3, -0.25) is 19.2 Å². The number of nitrogens with zero attached hydrogens (tertiary/aromatic N) is 13. The minimum atomic E-state index is -0.809. The number of hydrogen-bond donors (Lipinski definition) is 6. The number of pyridine rings is 4. The van der Waals surface area contributed by atoms with E-state index in [9.17, 15) is 19.8 Å². The van der Waals surface area contributed by atoms with Gasteiger partial charge in [0.05, 0.1) is 66.8 Å². The summed E-state index contributed by atoms with van der Waals surface area (Å²) in [5.41, 5.74) is 3.95. The summed E-state index contributed by atoms with van der Waals surface area (Å²) < 4.78 is 21.1. The Bertz CT molecular complexity index is 3370. The average molecular weight is 992 g/mol. The highest BCUT2D eigenvalue weighted by molar-refractivity contribution is 6.10. The molecule has 376 valence electrons. The Labute approximate surface area is 416 Å². The van der Waals surface area contributed by atoms with Crippen LogP contribution in [0.15, 0.2) is 82.2 Å². The number of aromatic nitrogens is 10. The van der Waals surface area contributed by atoms with Crippen molar-refractivity contribution in [1.29, 1.82) is 0 Å². The van der Waals surface area contributed by atoms with E-state index >= 15 is 0 Å². The molecule has 0 bridgehead atoms. The number of hydrogen-bond acceptors (Lipinski definition) is 20. The van der Waals surface area contributed by atoms with Crippen LogP contribution in [0.1, 0.15) is 46.4 Å². The second-order valence-electron chi connectivity index (χ2n) is 19.3. The molecule has 1 saturated carbocycles. The molecule has 0 radical (unpaired) electrons. The minimum Gasteiger partial charge on any atom is -0.422 e. The molecule has 2 amide bonds. The zero-order valence-electron chi connectivity index (χ0n) is 40.2. The lowest BCUT2D eigenvalue weighted by atomic mass is 9.87. The largest absolute Gasteiger partial charge is 0.422 e. The number of fused-ring (bicyclic) bond motifs is 2. The summed E-state index contributed by atoms with van der Waals surface area (Å²) in [5, 5.41) is 41.1. The van der Waals surface area contributed by atoms with Crippen LogP contribution in [0.5, 0.6) is 0 Å². The number of rotatable bonds is 18. The van der Waals surface area contributed by atoms with Gasteiger partial charge in [0, 0.05) is 68.9 Å². The van der Waals surface area contributed by atoms with Crippen LogP contribution in [0.2, 0.25) is 0 Å². The number of aliphatic hydroxyl groups is 2. The van der Waals surface area contributed by atoms with Crippen molar-refractivity contribution < 1.29 is 33.4 Å². The molecule has 1 aliphatic carbocycles. The predicted octanol–water partition coefficient (Wildman–Crippen LogP) is 4.05. The highest BCUT2D eigenvalue weighted by Crippen LogP contribution is 2.46. The first-order chi connectivity index (χ1) is 35.5. The van der Waals surface area contributed by atoms with E-state index in [1.807, 2.05) is 42.4 Å². The van der Waals surface area contributed by atoms with Crippen LogP contribution in [0.25, 0.3) is 45.0 Å². The normalized spacial score (nSPS) is 17.0. The number of aliphatic hydroxyl groups excluding tert-OH is 1. The van der Waals surface area contributed by atoms with Crippen LogP contribution < -0.4 is 31.1 Å². The van der Waals surface area contributed by atoms with Crippen molar-refractivity contribution in [3.63, 3.8) is 0 Å². The number of likely N-dealkylation sites (tertiary alicyclic amines) is 1. The third-order valence-electron chi connectivity index (χ3n) is 14.0. The molecule has 6 N–H and O–H groups in total. The molecular formula is C49H53N17O7. The number of nitrogens with one attached hydrogen (secondary N) is 4. The SMILES string of the molecule is CN1CCCC12CN(c1nc3nc(NCCO)oc3cc1C(=O)Nc1cccc(-c3cnn(COCCNc4nc5nc(N6CC(O)(C7CC7)C6)c(C(=O)Nc6cccc(-c7cnn(C)c7)n6)cc5o4)c3)n1)C2. The average Bonchev–Trinajstić information content (AvgIpc) is 3.77. The summed E-state index contributed by atoms with van der Waals surface area (Å²) in [4.78, 5) is 62.3. The van der Waals surface area contributed by atoms with Crippen molar-refractivity contribution in [3.05, 3.63) is 84.4 Å². The number of likely N-dealkylation sites (N-methyl/N-ethyl adjacent to an activating group) is 1. The third kappa shape index (κ3) is 9.13. The van der Waals surface area contributed by atoms with Gasteiger partial charge >= 0.3 is 0 Å². The van der Waals surface area contributed by atoms with Crippen molar-refractivity contribution in [3.8, 4) is 22.5 Å². The molecule has 8 aromatic heterocycles. The summed E-state index contributed by atoms with van der Waals surface area (Å²) in [6.07, 6.45) is 11.2. The number of oxazole rings is 2. The lowest BCUT2D eigenvalue weighted by Gasteiger charge is -2.52. The second-order valence-corrected chi connectivity index (χ2v) is 19.3. The van der Waals surface area contributed by atoms with E-state index in [-0.39, 0.29) is 55.5 Å². The molecule has 3 aliphatic heterocycles. The van der Waals surface area contributed by atoms with Gasteiger partial charge in [-0.25, -0.2) is 24.6 Å². The van der Waals surface area contributed by atoms with Crippen molar-refractivity contribution in [2.45, 2.75) is 43.6 Å². The van der Waals surface area contributed by atoms with Gasteiger partial charge in [0.15, 0.2) is 11.2 Å². The fourth-order valence-electron chi connectivity index (χ4n) is 9.97. The van der Waals surface area contributed by atoms with Crippen LogP contribution in [0.3, 0.4) is 0 Å². The van der Waals surface area contributed by atoms with Gasteiger partial charge in [-0.05, 0) is 69.5 Å². The summed E-state index contributed by atoms with van der Waals surface area (Å²) in [7, 11) is 3.97. The quantitative estimate of drug-likeness (QED) is 0.0661. The Morgan fingerprint density at radius 2 is 1.34 bits per heavy atom. The van der Waals surface area contributed by atoms with Crippen molar-refractivity contribution in [1.82, 2.24) is 54.4 Å². The minimum absolute atomic E-state index is 0.0605. The summed E-state index contributed by atoms with van der Waals surface area (Å²) in [6, 6.07) is 14.4. The molecule has 8 aromatic rings. The fourth-order valence-corrected chi connectivity index (χ4v) is 9.97. The Morgan fingerprint density at radius 1 is 0.753 bits per heavy atom. The zero-order valence-corrected chi connectivity index (χ0v) is 40.2. The van der Waals surface area contributed by atoms with E-state index in [2.05, 4.69) is 63.3 Å². The molecule has 0 atom stereocenters. The number of anilines is 6. The second kappa shape index (κ2) is 18.5. The highest BCUT2D eigenvalue weighted by Gasteiger charge is 2.53. The van der Waals surface area contributed by atoms with E-state index in [1.54, 1.807) is 52.2 Å². The standard InChI is InChI=1S/C49H53N17O7/c1-62-15-5-12-48(62)24-64(25-48)42-32(18-36-40(58-42)60-46(72-36)50-13-16-67)44(68)57-39-9-4-7-35(55-39)30-21-53-66(23-30)28-71-17-14-51-47-61-41-37(73-47)19-33(43(59-41)65-26-49(70,27-65)31-10-11-31)45(69)56-38-8-3-6-34(54-38)29-20-52-63(2)22-29/h3-4,6-9,18-23,31,67,70H,5,10-17,24-28H2,1-2H3,(H,50,58,60)(H,51,59,61)(H,54,56,69)(H,55,57,68). The summed E-state index contributed by atoms with van der Waals surface area (Å²) >= 11 is 0. The Hall–Kier alpha value is -8.06. The van der Waals surface area contributed by atoms with Gasteiger partial charge in [0.1, 0.15) is 35.6 Å². The first-order valence-corrected chi connectivity index (χ1v) is 24.3. The maximum atomic E-state index is 14.1. The van der Waals surface area contributed by atoms with E-state index in [0.717, 1.165) is 50.9 Å². The first kappa shape index (κ1) is 46.0. The molecule has 4 fully saturated rings. The molecule has 12 rings (SSSR count). The molecule has 24 nitrogen and oxygen atoms in total. The zero-order chi connectivity index (χ0) is 49.8. The number of amides is 2. The van der Waals surface area contributed by atoms with Crippen molar-refractivity contribution >= 4 is 69.6 Å². The fraction of sp³-hybridized carbons (Fsp3) is 0.388. The van der Waals surface area contributed by atoms with Gasteiger partial charge in [-0.1, -0.05) is 12.1 Å². The van der Waals surface area contributed by atoms with Crippen LogP contribution in [0, 0.1) is 5.92 Å². The van der Waals surface area contributed by atoms with E-state index in [0.29, 0.717) is 87.9 Å². The van der Waals surface area contributed by atoms with Gasteiger partial charge < -0.3 is 54.9 Å². The lowest BCUT2D eigenvalue weighted by molar-refractivity contribution is -0.00980. The smallest absolute Gasteiger partial charge is 0.297 e. The van der Waals surface area contributed by atoms with Crippen LogP contribution in [0.4, 0.5) is 35.3 Å². The summed E-state index contributed by atoms with van der Waals surface area (Å²) in [6.45, 7) is 4.15. The Kier molecular flexibility index (Phi) is 11.7. The van der Waals surface area contributed by atoms with Gasteiger partial charge in [-0.2, -0.15) is 20.2 Å². The number of carbonyl (C=O) groups is 2. The molecule has 0 aromatic carbocycles. The number of aryl methyl sites for hydroxylation is 1. The van der Waals surface area contributed by atoms with Crippen LogP contribution in [-0.2, 0) is 18.5 Å². The van der Waals surface area contributed by atoms with Gasteiger partial charge in [-0.15, -0.1) is 0 Å². The monoisotopic (exact) mass is 991 g/mol. The van der Waals surface area contributed by atoms with Gasteiger partial charge in [0.2, 0.25) is 11.3 Å². The number of β-amino-alcohol motifs (C(OH)–C–C–N with tert-alkyl or cyclic N) is 1. The Morgan fingerprint density at radius 3 is 1.90 bits per heavy atom. The molecule has 4 aliphatic rings. The number of ether oxygens (including phenoxy) is 1. The maximum Gasteiger partial charge on any atom is 0.297 e. The van der Waals surface area contributed by atoms with Crippen molar-refractivity contribution in [2.75, 3.05) is 97.1 Å². The van der Waals surface area contributed by atoms with E-state index in [4.69, 9.17) is 28.5 Å². The molecule has 3 saturated heterocycles. The third-order valence-corrected chi connectivity index (χ3v) is 14.0. The molecule has 0 unspecified atom stereocenters. The Balaban J connectivity index is 0.678.